The Kier molecular flexibility index (Phi) is 13.4. The monoisotopic (exact) mass is 519 g/mol. The molecule has 5 rings (SSSR count). The molecule has 0 amide bonds. The van der Waals surface area contributed by atoms with Gasteiger partial charge < -0.3 is 5.11 Å². The summed E-state index contributed by atoms with van der Waals surface area (Å²) in [6, 6.07) is 49.2. The van der Waals surface area contributed by atoms with Gasteiger partial charge in [0.1, 0.15) is 0 Å². The van der Waals surface area contributed by atoms with Crippen molar-refractivity contribution in [3.05, 3.63) is 152 Å². The van der Waals surface area contributed by atoms with Crippen LogP contribution in [0.3, 0.4) is 0 Å². The van der Waals surface area contributed by atoms with Gasteiger partial charge in [-0.25, -0.2) is 0 Å². The summed E-state index contributed by atoms with van der Waals surface area (Å²) in [7, 11) is 0. The Balaban J connectivity index is 0.000000198. The Hall–Kier alpha value is -4.28. The molecule has 174 valence electrons. The number of azo groups is 2. The van der Waals surface area contributed by atoms with Gasteiger partial charge in [0, 0.05) is 25.2 Å². The Morgan fingerprint density at radius 1 is 0.389 bits per heavy atom. The molecule has 0 heterocycles. The summed E-state index contributed by atoms with van der Waals surface area (Å²) in [5.74, 6) is 0.291. The number of hydrogen-bond donors (Lipinski definition) is 1. The molecule has 0 aliphatic heterocycles. The molecule has 0 fully saturated rings. The normalized spacial score (nSPS) is 9.89. The molecule has 5 aromatic carbocycles. The average molecular weight is 521 g/mol. The maximum absolute atomic E-state index is 8.61. The summed E-state index contributed by atoms with van der Waals surface area (Å²) in [6.45, 7) is 0. The van der Waals surface area contributed by atoms with Crippen molar-refractivity contribution in [3.63, 3.8) is 0 Å². The predicted molar refractivity (Wildman–Crippen MR) is 139 cm³/mol. The van der Waals surface area contributed by atoms with Crippen LogP contribution < -0.4 is 0 Å². The summed E-state index contributed by atoms with van der Waals surface area (Å²) >= 11 is 0. The van der Waals surface area contributed by atoms with Gasteiger partial charge in [-0.05, 0) is 35.6 Å². The van der Waals surface area contributed by atoms with E-state index in [1.54, 1.807) is 24.3 Å². The number of phenols is 1. The summed E-state index contributed by atoms with van der Waals surface area (Å²) in [4.78, 5) is 0. The van der Waals surface area contributed by atoms with Crippen molar-refractivity contribution < 1.29 is 24.6 Å². The summed E-state index contributed by atoms with van der Waals surface area (Å²) < 4.78 is 0. The summed E-state index contributed by atoms with van der Waals surface area (Å²) in [5.41, 5.74) is 3.40. The number of nitrogens with zero attached hydrogens (tertiary/aromatic N) is 4. The van der Waals surface area contributed by atoms with Crippen molar-refractivity contribution in [2.75, 3.05) is 0 Å². The van der Waals surface area contributed by atoms with Gasteiger partial charge in [0.25, 0.3) is 0 Å². The van der Waals surface area contributed by atoms with Crippen LogP contribution in [0.2, 0.25) is 0 Å². The van der Waals surface area contributed by atoms with E-state index in [4.69, 9.17) is 5.11 Å². The van der Waals surface area contributed by atoms with Crippen LogP contribution in [-0.2, 0) is 19.5 Å². The minimum absolute atomic E-state index is 0. The SMILES string of the molecule is Oc1cc[c-]cc1.[Zn].[c-]1ccc(N=Nc2ccccc2)cc1.[c-]1ccc(N=Nc2ccccc2)cc1. The first kappa shape index (κ1) is 28.0. The topological polar surface area (TPSA) is 69.7 Å². The van der Waals surface area contributed by atoms with E-state index in [1.807, 2.05) is 109 Å². The van der Waals surface area contributed by atoms with Gasteiger partial charge in [-0.15, -0.1) is 36.4 Å². The number of phenolic OH excluding ortho intramolecular Hbond substituents is 1. The Morgan fingerprint density at radius 2 is 0.667 bits per heavy atom. The molecule has 0 atom stereocenters. The van der Waals surface area contributed by atoms with Crippen molar-refractivity contribution in [3.8, 4) is 5.75 Å². The van der Waals surface area contributed by atoms with E-state index in [1.165, 1.54) is 0 Å². The fourth-order valence-electron chi connectivity index (χ4n) is 2.49. The van der Waals surface area contributed by atoms with E-state index in [0.717, 1.165) is 22.7 Å². The molecule has 0 saturated heterocycles. The number of hydrogen-bond acceptors (Lipinski definition) is 5. The quantitative estimate of drug-likeness (QED) is 0.143. The summed E-state index contributed by atoms with van der Waals surface area (Å²) in [6.07, 6.45) is 0. The van der Waals surface area contributed by atoms with Crippen LogP contribution in [0.4, 0.5) is 22.7 Å². The maximum atomic E-state index is 8.61. The second-order valence-electron chi connectivity index (χ2n) is 6.85. The molecule has 0 aromatic heterocycles. The molecule has 0 saturated carbocycles. The molecule has 0 bridgehead atoms. The van der Waals surface area contributed by atoms with Crippen molar-refractivity contribution in [2.45, 2.75) is 0 Å². The molecule has 36 heavy (non-hydrogen) atoms. The third-order valence-corrected chi connectivity index (χ3v) is 4.18. The molecule has 0 unspecified atom stereocenters. The largest absolute Gasteiger partial charge is 0.533 e. The Labute approximate surface area is 224 Å². The van der Waals surface area contributed by atoms with Gasteiger partial charge in [-0.3, -0.25) is 0 Å². The van der Waals surface area contributed by atoms with Crippen LogP contribution in [0.15, 0.2) is 154 Å². The third kappa shape index (κ3) is 11.7. The second kappa shape index (κ2) is 17.2. The number of rotatable bonds is 4. The molecule has 5 nitrogen and oxygen atoms in total. The third-order valence-electron chi connectivity index (χ3n) is 4.18. The van der Waals surface area contributed by atoms with E-state index >= 15 is 0 Å². The van der Waals surface area contributed by atoms with Gasteiger partial charge in [-0.1, -0.05) is 36.4 Å². The molecule has 0 aliphatic rings. The van der Waals surface area contributed by atoms with Gasteiger partial charge in [0.2, 0.25) is 0 Å². The van der Waals surface area contributed by atoms with E-state index in [2.05, 4.69) is 38.7 Å². The standard InChI is InChI=1S/2C12H9N2.C6H5O.Zn/c2*1-3-7-11(8-4-1)13-14-12-9-5-2-6-10-12;7-6-4-2-1-3-5-6;/h2*1,3-10H;2-5,7H;/q3*-1;. The molecule has 0 aliphatic carbocycles. The fourth-order valence-corrected chi connectivity index (χ4v) is 2.49. The minimum atomic E-state index is 0. The Bertz CT molecular complexity index is 1100. The minimum Gasteiger partial charge on any atom is -0.533 e. The van der Waals surface area contributed by atoms with Crippen molar-refractivity contribution >= 4 is 22.7 Å². The fraction of sp³-hybridized carbons (Fsp3) is 0. The van der Waals surface area contributed by atoms with Crippen molar-refractivity contribution in [1.29, 1.82) is 0 Å². The van der Waals surface area contributed by atoms with Gasteiger partial charge >= 0.3 is 0 Å². The Morgan fingerprint density at radius 3 is 0.944 bits per heavy atom. The predicted octanol–water partition coefficient (Wildman–Crippen LogP) is 8.99. The molecule has 6 heteroatoms. The molecular weight excluding hydrogens is 498 g/mol. The maximum Gasteiger partial charge on any atom is 0.0856 e. The number of benzene rings is 5. The number of aromatic hydroxyl groups is 1. The van der Waals surface area contributed by atoms with E-state index < -0.39 is 0 Å². The van der Waals surface area contributed by atoms with Crippen LogP contribution in [-0.4, -0.2) is 5.11 Å². The van der Waals surface area contributed by atoms with Crippen LogP contribution in [0, 0.1) is 18.2 Å². The van der Waals surface area contributed by atoms with Gasteiger partial charge in [0.05, 0.1) is 11.4 Å². The van der Waals surface area contributed by atoms with Crippen LogP contribution in [0.5, 0.6) is 5.75 Å². The van der Waals surface area contributed by atoms with Gasteiger partial charge in [0.15, 0.2) is 0 Å². The molecule has 0 spiro atoms. The average Bonchev–Trinajstić information content (AvgIpc) is 2.94. The zero-order valence-electron chi connectivity index (χ0n) is 19.6. The molecular formula is C30H23N4OZn-3. The first-order valence-electron chi connectivity index (χ1n) is 10.8. The van der Waals surface area contributed by atoms with E-state index in [0.29, 0.717) is 5.75 Å². The van der Waals surface area contributed by atoms with E-state index in [-0.39, 0.29) is 19.5 Å². The molecule has 0 radical (unpaired) electrons. The van der Waals surface area contributed by atoms with Crippen molar-refractivity contribution in [1.82, 2.24) is 0 Å². The second-order valence-corrected chi connectivity index (χ2v) is 6.85. The van der Waals surface area contributed by atoms with E-state index in [9.17, 15) is 0 Å². The van der Waals surface area contributed by atoms with Crippen LogP contribution in [0.25, 0.3) is 0 Å². The smallest absolute Gasteiger partial charge is 0.0856 e. The first-order valence-corrected chi connectivity index (χ1v) is 10.8. The summed E-state index contributed by atoms with van der Waals surface area (Å²) in [5, 5.41) is 25.0. The zero-order valence-corrected chi connectivity index (χ0v) is 22.6. The first-order chi connectivity index (χ1) is 17.3. The zero-order chi connectivity index (χ0) is 24.4. The van der Waals surface area contributed by atoms with Gasteiger partial charge in [-0.2, -0.15) is 75.1 Å². The molecule has 5 aromatic rings. The van der Waals surface area contributed by atoms with Crippen LogP contribution in [0.1, 0.15) is 0 Å². The van der Waals surface area contributed by atoms with Crippen molar-refractivity contribution in [2.24, 2.45) is 20.5 Å². The van der Waals surface area contributed by atoms with Crippen LogP contribution >= 0.6 is 0 Å². The molecule has 1 N–H and O–H groups in total.